The number of benzene rings is 1. The zero-order chi connectivity index (χ0) is 19.4. The topological polar surface area (TPSA) is 122 Å². The fraction of sp³-hybridized carbons (Fsp3) is 0.526. The number of nitrogens with zero attached hydrogens (tertiary/aromatic N) is 1. The molecule has 2 amide bonds. The molecule has 2 aliphatic rings. The van der Waals surface area contributed by atoms with E-state index in [1.165, 1.54) is 4.90 Å². The van der Waals surface area contributed by atoms with Crippen LogP contribution in [0.5, 0.6) is 5.75 Å². The molecule has 8 heteroatoms. The Bertz CT molecular complexity index is 723. The highest BCUT2D eigenvalue weighted by molar-refractivity contribution is 5.92. The van der Waals surface area contributed by atoms with E-state index in [1.54, 1.807) is 0 Å². The molecule has 146 valence electrons. The highest BCUT2D eigenvalue weighted by atomic mass is 16.5. The number of carboxylic acids is 1. The van der Waals surface area contributed by atoms with Crippen molar-refractivity contribution >= 4 is 17.8 Å². The Morgan fingerprint density at radius 2 is 2.07 bits per heavy atom. The molecule has 1 aromatic rings. The van der Waals surface area contributed by atoms with Crippen molar-refractivity contribution in [3.8, 4) is 5.75 Å². The minimum absolute atomic E-state index is 0.251. The molecule has 2 heterocycles. The van der Waals surface area contributed by atoms with Crippen LogP contribution >= 0.6 is 0 Å². The predicted octanol–water partition coefficient (Wildman–Crippen LogP) is 0.289. The maximum atomic E-state index is 12.8. The zero-order valence-corrected chi connectivity index (χ0v) is 15.1. The van der Waals surface area contributed by atoms with E-state index < -0.39 is 30.0 Å². The monoisotopic (exact) mass is 375 g/mol. The first-order valence-electron chi connectivity index (χ1n) is 9.26. The van der Waals surface area contributed by atoms with Crippen LogP contribution in [-0.2, 0) is 20.8 Å². The Morgan fingerprint density at radius 1 is 1.26 bits per heavy atom. The van der Waals surface area contributed by atoms with E-state index in [0.29, 0.717) is 44.6 Å². The maximum Gasteiger partial charge on any atom is 0.326 e. The van der Waals surface area contributed by atoms with Gasteiger partial charge in [-0.3, -0.25) is 9.59 Å². The first-order valence-corrected chi connectivity index (χ1v) is 9.26. The van der Waals surface area contributed by atoms with E-state index in [4.69, 9.17) is 10.5 Å². The van der Waals surface area contributed by atoms with Crippen LogP contribution in [0.1, 0.15) is 31.2 Å². The van der Waals surface area contributed by atoms with Crippen LogP contribution in [0, 0.1) is 0 Å². The third kappa shape index (κ3) is 4.57. The summed E-state index contributed by atoms with van der Waals surface area (Å²) < 4.78 is 5.67. The van der Waals surface area contributed by atoms with Gasteiger partial charge < -0.3 is 25.8 Å². The number of aliphatic carboxylic acids is 1. The number of amides is 2. The van der Waals surface area contributed by atoms with Crippen LogP contribution in [0.4, 0.5) is 0 Å². The van der Waals surface area contributed by atoms with Crippen molar-refractivity contribution in [1.82, 2.24) is 10.2 Å². The fourth-order valence-electron chi connectivity index (χ4n) is 3.62. The van der Waals surface area contributed by atoms with Gasteiger partial charge in [0.2, 0.25) is 11.8 Å². The van der Waals surface area contributed by atoms with E-state index >= 15 is 0 Å². The molecule has 27 heavy (non-hydrogen) atoms. The molecular formula is C19H25N3O5. The van der Waals surface area contributed by atoms with Crippen LogP contribution < -0.4 is 15.8 Å². The van der Waals surface area contributed by atoms with Crippen molar-refractivity contribution in [1.29, 1.82) is 0 Å². The summed E-state index contributed by atoms with van der Waals surface area (Å²) in [5.41, 5.74) is 7.00. The lowest BCUT2D eigenvalue weighted by molar-refractivity contribution is -0.144. The lowest BCUT2D eigenvalue weighted by Crippen LogP contribution is -2.54. The second kappa shape index (κ2) is 8.39. The Morgan fingerprint density at radius 3 is 2.85 bits per heavy atom. The molecule has 2 bridgehead atoms. The van der Waals surface area contributed by atoms with Crippen molar-refractivity contribution in [3.63, 3.8) is 0 Å². The summed E-state index contributed by atoms with van der Waals surface area (Å²) in [5, 5.41) is 12.0. The summed E-state index contributed by atoms with van der Waals surface area (Å²) in [6, 6.07) is 4.92. The second-order valence-electron chi connectivity index (χ2n) is 7.04. The number of carboxylic acid groups (broad SMARTS) is 1. The van der Waals surface area contributed by atoms with Crippen LogP contribution in [0.15, 0.2) is 24.3 Å². The van der Waals surface area contributed by atoms with Crippen LogP contribution in [0.3, 0.4) is 0 Å². The minimum Gasteiger partial charge on any atom is -0.494 e. The van der Waals surface area contributed by atoms with Gasteiger partial charge in [0.1, 0.15) is 17.8 Å². The van der Waals surface area contributed by atoms with Gasteiger partial charge in [-0.2, -0.15) is 0 Å². The first-order chi connectivity index (χ1) is 13.0. The summed E-state index contributed by atoms with van der Waals surface area (Å²) in [4.78, 5) is 38.4. The summed E-state index contributed by atoms with van der Waals surface area (Å²) in [6.07, 6.45) is 2.28. The molecular weight excluding hydrogens is 350 g/mol. The number of ether oxygens (including phenoxy) is 1. The van der Waals surface area contributed by atoms with Crippen molar-refractivity contribution in [3.05, 3.63) is 29.8 Å². The van der Waals surface area contributed by atoms with Crippen LogP contribution in [0.2, 0.25) is 0 Å². The molecule has 0 radical (unpaired) electrons. The number of carbonyl (C=O) groups is 3. The number of hydrogen-bond acceptors (Lipinski definition) is 5. The number of fused-ring (bicyclic) bond motifs is 3. The molecule has 1 aromatic carbocycles. The Hall–Kier alpha value is -2.61. The largest absolute Gasteiger partial charge is 0.494 e. The van der Waals surface area contributed by atoms with Gasteiger partial charge in [-0.15, -0.1) is 0 Å². The fourth-order valence-corrected chi connectivity index (χ4v) is 3.62. The summed E-state index contributed by atoms with van der Waals surface area (Å²) >= 11 is 0. The molecule has 0 saturated carbocycles. The van der Waals surface area contributed by atoms with Gasteiger partial charge in [-0.25, -0.2) is 4.79 Å². The van der Waals surface area contributed by atoms with Gasteiger partial charge in [0.15, 0.2) is 0 Å². The molecule has 0 aliphatic carbocycles. The van der Waals surface area contributed by atoms with Gasteiger partial charge >= 0.3 is 5.97 Å². The molecule has 0 unspecified atom stereocenters. The Balaban J connectivity index is 1.85. The van der Waals surface area contributed by atoms with E-state index in [2.05, 4.69) is 5.32 Å². The summed E-state index contributed by atoms with van der Waals surface area (Å²) in [5.74, 6) is -1.17. The van der Waals surface area contributed by atoms with E-state index in [-0.39, 0.29) is 12.3 Å². The molecule has 3 atom stereocenters. The normalized spacial score (nSPS) is 27.0. The maximum absolute atomic E-state index is 12.8. The van der Waals surface area contributed by atoms with E-state index in [1.807, 2.05) is 24.3 Å². The van der Waals surface area contributed by atoms with Gasteiger partial charge in [0.25, 0.3) is 0 Å². The third-order valence-electron chi connectivity index (χ3n) is 5.03. The van der Waals surface area contributed by atoms with Crippen molar-refractivity contribution in [2.24, 2.45) is 5.73 Å². The molecule has 1 saturated heterocycles. The standard InChI is InChI=1S/C19H25N3O5/c20-14-11-12-4-1-5-13(10-12)27-9-3-6-15(19(25)26)21-17(23)16-7-2-8-22(16)18(14)24/h1,4-5,10,14-16H,2-3,6-9,11,20H2,(H,21,23)(H,25,26)/t14-,15-,16-/m0/s1. The second-order valence-corrected chi connectivity index (χ2v) is 7.04. The van der Waals surface area contributed by atoms with Gasteiger partial charge in [-0.05, 0) is 49.8 Å². The summed E-state index contributed by atoms with van der Waals surface area (Å²) in [6.45, 7) is 0.787. The summed E-state index contributed by atoms with van der Waals surface area (Å²) in [7, 11) is 0. The highest BCUT2D eigenvalue weighted by Gasteiger charge is 2.37. The smallest absolute Gasteiger partial charge is 0.326 e. The number of hydrogen-bond donors (Lipinski definition) is 3. The van der Waals surface area contributed by atoms with Crippen LogP contribution in [0.25, 0.3) is 0 Å². The number of carbonyl (C=O) groups excluding carboxylic acids is 2. The number of nitrogens with one attached hydrogen (secondary N) is 1. The minimum atomic E-state index is -1.10. The van der Waals surface area contributed by atoms with Crippen molar-refractivity contribution in [2.45, 2.75) is 50.2 Å². The Kier molecular flexibility index (Phi) is 5.95. The number of nitrogens with two attached hydrogens (primary N) is 1. The van der Waals surface area contributed by atoms with Crippen molar-refractivity contribution < 1.29 is 24.2 Å². The molecule has 0 aromatic heterocycles. The quantitative estimate of drug-likeness (QED) is 0.648. The molecule has 4 N–H and O–H groups in total. The lowest BCUT2D eigenvalue weighted by Gasteiger charge is -2.27. The molecule has 1 fully saturated rings. The zero-order valence-electron chi connectivity index (χ0n) is 15.1. The van der Waals surface area contributed by atoms with Crippen LogP contribution in [-0.4, -0.2) is 59.1 Å². The highest BCUT2D eigenvalue weighted by Crippen LogP contribution is 2.21. The third-order valence-corrected chi connectivity index (χ3v) is 5.03. The molecule has 2 aliphatic heterocycles. The molecule has 8 nitrogen and oxygen atoms in total. The number of rotatable bonds is 1. The molecule has 3 rings (SSSR count). The Labute approximate surface area is 157 Å². The van der Waals surface area contributed by atoms with E-state index in [9.17, 15) is 19.5 Å². The first kappa shape index (κ1) is 19.2. The van der Waals surface area contributed by atoms with Gasteiger partial charge in [0.05, 0.1) is 12.6 Å². The van der Waals surface area contributed by atoms with Crippen molar-refractivity contribution in [2.75, 3.05) is 13.2 Å². The lowest BCUT2D eigenvalue weighted by atomic mass is 10.0. The van der Waals surface area contributed by atoms with Gasteiger partial charge in [0, 0.05) is 6.54 Å². The van der Waals surface area contributed by atoms with E-state index in [0.717, 1.165) is 5.56 Å². The van der Waals surface area contributed by atoms with Gasteiger partial charge in [-0.1, -0.05) is 12.1 Å². The predicted molar refractivity (Wildman–Crippen MR) is 97.2 cm³/mol. The average molecular weight is 375 g/mol. The molecule has 0 spiro atoms. The average Bonchev–Trinajstić information content (AvgIpc) is 3.12. The SMILES string of the molecule is N[C@H]1Cc2cccc(c2)OCCC[C@@H](C(=O)O)NC(=O)[C@@H]2CCCN2C1=O.